The van der Waals surface area contributed by atoms with Crippen molar-refractivity contribution >= 4 is 5.91 Å². The predicted octanol–water partition coefficient (Wildman–Crippen LogP) is 2.57. The zero-order valence-electron chi connectivity index (χ0n) is 15.8. The van der Waals surface area contributed by atoms with E-state index in [-0.39, 0.29) is 11.9 Å². The maximum absolute atomic E-state index is 13.0. The Morgan fingerprint density at radius 1 is 1.15 bits per heavy atom. The van der Waals surface area contributed by atoms with Crippen LogP contribution in [0.3, 0.4) is 0 Å². The molecule has 0 saturated carbocycles. The van der Waals surface area contributed by atoms with Gasteiger partial charge in [0.1, 0.15) is 5.82 Å². The third-order valence-corrected chi connectivity index (χ3v) is 6.10. The molecular formula is C21H28N4O. The van der Waals surface area contributed by atoms with E-state index >= 15 is 0 Å². The van der Waals surface area contributed by atoms with Crippen LogP contribution in [0.15, 0.2) is 36.7 Å². The smallest absolute Gasteiger partial charge is 0.239 e. The summed E-state index contributed by atoms with van der Waals surface area (Å²) < 4.78 is 2.11. The van der Waals surface area contributed by atoms with Crippen molar-refractivity contribution in [3.8, 4) is 0 Å². The average molecular weight is 352 g/mol. The van der Waals surface area contributed by atoms with Crippen molar-refractivity contribution in [3.63, 3.8) is 0 Å². The fourth-order valence-electron chi connectivity index (χ4n) is 4.40. The summed E-state index contributed by atoms with van der Waals surface area (Å²) >= 11 is 0. The van der Waals surface area contributed by atoms with Gasteiger partial charge in [-0.1, -0.05) is 24.3 Å². The lowest BCUT2D eigenvalue weighted by molar-refractivity contribution is -0.137. The standard InChI is InChI=1S/C21H28N4O/c1-16(25-13-7-17-5-3-4-6-19(17)15-25)21(26)24-11-8-18(9-12-24)20-22-10-14-23(20)2/h3-6,10,14,16,18H,7-9,11-13,15H2,1-2H3/t16-/m0/s1. The summed E-state index contributed by atoms with van der Waals surface area (Å²) in [5.74, 6) is 1.90. The first-order chi connectivity index (χ1) is 12.6. The molecule has 0 aliphatic carbocycles. The van der Waals surface area contributed by atoms with Crippen molar-refractivity contribution in [1.82, 2.24) is 19.4 Å². The molecule has 1 atom stereocenters. The van der Waals surface area contributed by atoms with E-state index in [1.165, 1.54) is 11.1 Å². The van der Waals surface area contributed by atoms with Crippen LogP contribution in [-0.4, -0.2) is 50.9 Å². The largest absolute Gasteiger partial charge is 0.341 e. The molecule has 1 saturated heterocycles. The summed E-state index contributed by atoms with van der Waals surface area (Å²) in [6, 6.07) is 8.55. The number of rotatable bonds is 3. The number of aryl methyl sites for hydroxylation is 1. The molecule has 0 bridgehead atoms. The van der Waals surface area contributed by atoms with E-state index in [4.69, 9.17) is 0 Å². The van der Waals surface area contributed by atoms with E-state index in [0.717, 1.165) is 51.3 Å². The molecule has 1 fully saturated rings. The monoisotopic (exact) mass is 352 g/mol. The topological polar surface area (TPSA) is 41.4 Å². The maximum atomic E-state index is 13.0. The summed E-state index contributed by atoms with van der Waals surface area (Å²) in [5, 5.41) is 0. The Morgan fingerprint density at radius 3 is 2.58 bits per heavy atom. The first-order valence-electron chi connectivity index (χ1n) is 9.70. The van der Waals surface area contributed by atoms with Gasteiger partial charge in [0.15, 0.2) is 0 Å². The Hall–Kier alpha value is -2.14. The van der Waals surface area contributed by atoms with Crippen LogP contribution in [0.2, 0.25) is 0 Å². The number of aromatic nitrogens is 2. The van der Waals surface area contributed by atoms with Crippen LogP contribution in [0, 0.1) is 0 Å². The molecule has 2 aliphatic heterocycles. The van der Waals surface area contributed by atoms with Crippen LogP contribution < -0.4 is 0 Å². The molecule has 1 aromatic carbocycles. The number of amides is 1. The zero-order chi connectivity index (χ0) is 18.1. The minimum absolute atomic E-state index is 0.0481. The van der Waals surface area contributed by atoms with Gasteiger partial charge < -0.3 is 9.47 Å². The van der Waals surface area contributed by atoms with Crippen LogP contribution in [0.5, 0.6) is 0 Å². The van der Waals surface area contributed by atoms with Crippen LogP contribution in [0.25, 0.3) is 0 Å². The number of carbonyl (C=O) groups is 1. The molecule has 138 valence electrons. The highest BCUT2D eigenvalue weighted by Crippen LogP contribution is 2.28. The van der Waals surface area contributed by atoms with Crippen molar-refractivity contribution in [2.75, 3.05) is 19.6 Å². The van der Waals surface area contributed by atoms with Gasteiger partial charge in [-0.25, -0.2) is 4.98 Å². The first kappa shape index (κ1) is 17.3. The Bertz CT molecular complexity index is 776. The molecule has 1 amide bonds. The second-order valence-corrected chi connectivity index (χ2v) is 7.66. The number of piperidine rings is 1. The molecule has 0 N–H and O–H groups in total. The number of hydrogen-bond donors (Lipinski definition) is 0. The van der Waals surface area contributed by atoms with Gasteiger partial charge >= 0.3 is 0 Å². The third-order valence-electron chi connectivity index (χ3n) is 6.10. The Kier molecular flexibility index (Phi) is 4.81. The molecule has 26 heavy (non-hydrogen) atoms. The molecular weight excluding hydrogens is 324 g/mol. The van der Waals surface area contributed by atoms with E-state index in [1.807, 2.05) is 12.4 Å². The fourth-order valence-corrected chi connectivity index (χ4v) is 4.40. The van der Waals surface area contributed by atoms with Crippen LogP contribution in [0.4, 0.5) is 0 Å². The predicted molar refractivity (Wildman–Crippen MR) is 102 cm³/mol. The van der Waals surface area contributed by atoms with Crippen LogP contribution in [0.1, 0.15) is 42.6 Å². The zero-order valence-corrected chi connectivity index (χ0v) is 15.8. The Balaban J connectivity index is 1.36. The summed E-state index contributed by atoms with van der Waals surface area (Å²) in [4.78, 5) is 21.9. The SMILES string of the molecule is C[C@@H](C(=O)N1CCC(c2nccn2C)CC1)N1CCc2ccccc2C1. The number of carbonyl (C=O) groups excluding carboxylic acids is 1. The number of imidazole rings is 1. The van der Waals surface area contributed by atoms with Gasteiger partial charge in [0, 0.05) is 51.5 Å². The van der Waals surface area contributed by atoms with Gasteiger partial charge in [0.05, 0.1) is 6.04 Å². The molecule has 0 spiro atoms. The Morgan fingerprint density at radius 2 is 1.88 bits per heavy atom. The van der Waals surface area contributed by atoms with Crippen molar-refractivity contribution in [2.45, 2.75) is 44.7 Å². The molecule has 2 aromatic rings. The number of hydrogen-bond acceptors (Lipinski definition) is 3. The second kappa shape index (κ2) is 7.23. The van der Waals surface area contributed by atoms with Gasteiger partial charge in [-0.05, 0) is 37.3 Å². The number of benzene rings is 1. The lowest BCUT2D eigenvalue weighted by Crippen LogP contribution is -2.50. The molecule has 4 rings (SSSR count). The minimum Gasteiger partial charge on any atom is -0.341 e. The van der Waals surface area contributed by atoms with Gasteiger partial charge in [0.25, 0.3) is 0 Å². The summed E-state index contributed by atoms with van der Waals surface area (Å²) in [6.45, 7) is 5.60. The molecule has 0 radical (unpaired) electrons. The van der Waals surface area contributed by atoms with Gasteiger partial charge in [-0.3, -0.25) is 9.69 Å². The number of nitrogens with zero attached hydrogens (tertiary/aromatic N) is 4. The van der Waals surface area contributed by atoms with Crippen molar-refractivity contribution < 1.29 is 4.79 Å². The van der Waals surface area contributed by atoms with E-state index < -0.39 is 0 Å². The highest BCUT2D eigenvalue weighted by molar-refractivity contribution is 5.81. The molecule has 2 aliphatic rings. The molecule has 1 aromatic heterocycles. The van der Waals surface area contributed by atoms with Crippen LogP contribution >= 0.6 is 0 Å². The molecule has 0 unspecified atom stereocenters. The Labute approximate surface area is 155 Å². The third kappa shape index (κ3) is 3.28. The lowest BCUT2D eigenvalue weighted by atomic mass is 9.95. The van der Waals surface area contributed by atoms with Crippen molar-refractivity contribution in [2.24, 2.45) is 7.05 Å². The van der Waals surface area contributed by atoms with Gasteiger partial charge in [-0.15, -0.1) is 0 Å². The summed E-state index contributed by atoms with van der Waals surface area (Å²) in [7, 11) is 2.05. The number of fused-ring (bicyclic) bond motifs is 1. The van der Waals surface area contributed by atoms with Crippen molar-refractivity contribution in [3.05, 3.63) is 53.6 Å². The summed E-state index contributed by atoms with van der Waals surface area (Å²) in [5.41, 5.74) is 2.80. The van der Waals surface area contributed by atoms with E-state index in [1.54, 1.807) is 0 Å². The lowest BCUT2D eigenvalue weighted by Gasteiger charge is -2.38. The highest BCUT2D eigenvalue weighted by atomic mass is 16.2. The maximum Gasteiger partial charge on any atom is 0.239 e. The normalized spacial score (nSPS) is 20.0. The van der Waals surface area contributed by atoms with Gasteiger partial charge in [0.2, 0.25) is 5.91 Å². The quantitative estimate of drug-likeness (QED) is 0.853. The molecule has 3 heterocycles. The molecule has 5 nitrogen and oxygen atoms in total. The second-order valence-electron chi connectivity index (χ2n) is 7.66. The van der Waals surface area contributed by atoms with Crippen molar-refractivity contribution in [1.29, 1.82) is 0 Å². The number of likely N-dealkylation sites (tertiary alicyclic amines) is 1. The first-order valence-corrected chi connectivity index (χ1v) is 9.70. The average Bonchev–Trinajstić information content (AvgIpc) is 3.12. The van der Waals surface area contributed by atoms with E-state index in [0.29, 0.717) is 5.92 Å². The highest BCUT2D eigenvalue weighted by Gasteiger charge is 2.31. The summed E-state index contributed by atoms with van der Waals surface area (Å²) in [6.07, 6.45) is 6.92. The minimum atomic E-state index is -0.0481. The van der Waals surface area contributed by atoms with Gasteiger partial charge in [-0.2, -0.15) is 0 Å². The van der Waals surface area contributed by atoms with E-state index in [2.05, 4.69) is 57.6 Å². The molecule has 5 heteroatoms. The fraction of sp³-hybridized carbons (Fsp3) is 0.524. The van der Waals surface area contributed by atoms with Crippen LogP contribution in [-0.2, 0) is 24.8 Å². The van der Waals surface area contributed by atoms with E-state index in [9.17, 15) is 4.79 Å².